The number of nitrogens with zero attached hydrogens (tertiary/aromatic N) is 2. The van der Waals surface area contributed by atoms with E-state index >= 15 is 0 Å². The molecular formula is C11H13N3O. The van der Waals surface area contributed by atoms with Gasteiger partial charge in [-0.05, 0) is 19.1 Å². The fourth-order valence-electron chi connectivity index (χ4n) is 0.997. The third-order valence-electron chi connectivity index (χ3n) is 1.62. The molecule has 0 atom stereocenters. The summed E-state index contributed by atoms with van der Waals surface area (Å²) in [6.45, 7) is 2.37. The van der Waals surface area contributed by atoms with Crippen molar-refractivity contribution in [3.63, 3.8) is 0 Å². The number of hydrogen-bond donors (Lipinski definition) is 1. The van der Waals surface area contributed by atoms with E-state index in [9.17, 15) is 0 Å². The molecule has 1 aromatic carbocycles. The summed E-state index contributed by atoms with van der Waals surface area (Å²) < 4.78 is 5.17. The number of rotatable bonds is 4. The molecule has 0 spiro atoms. The summed E-state index contributed by atoms with van der Waals surface area (Å²) in [7, 11) is 0. The molecule has 1 rings (SSSR count). The summed E-state index contributed by atoms with van der Waals surface area (Å²) in [6.07, 6.45) is 0.174. The first-order chi connectivity index (χ1) is 7.36. The van der Waals surface area contributed by atoms with Crippen molar-refractivity contribution >= 4 is 11.6 Å². The van der Waals surface area contributed by atoms with Crippen molar-refractivity contribution in [2.24, 2.45) is 5.10 Å². The smallest absolute Gasteiger partial charge is 0.220 e. The normalized spacial score (nSPS) is 10.5. The first kappa shape index (κ1) is 11.1. The molecule has 1 N–H and O–H groups in total. The number of nitriles is 1. The van der Waals surface area contributed by atoms with Gasteiger partial charge in [-0.15, -0.1) is 5.10 Å². The summed E-state index contributed by atoms with van der Waals surface area (Å²) in [5, 5.41) is 12.5. The number of para-hydroxylation sites is 1. The van der Waals surface area contributed by atoms with Gasteiger partial charge < -0.3 is 4.74 Å². The van der Waals surface area contributed by atoms with Crippen molar-refractivity contribution in [1.82, 2.24) is 0 Å². The molecule has 78 valence electrons. The van der Waals surface area contributed by atoms with Crippen molar-refractivity contribution in [1.29, 1.82) is 5.26 Å². The average Bonchev–Trinajstić information content (AvgIpc) is 2.28. The van der Waals surface area contributed by atoms with E-state index in [4.69, 9.17) is 10.00 Å². The van der Waals surface area contributed by atoms with Gasteiger partial charge >= 0.3 is 0 Å². The highest BCUT2D eigenvalue weighted by molar-refractivity contribution is 5.78. The van der Waals surface area contributed by atoms with E-state index in [1.165, 1.54) is 0 Å². The van der Waals surface area contributed by atoms with Gasteiger partial charge in [-0.2, -0.15) is 5.26 Å². The molecule has 0 bridgehead atoms. The van der Waals surface area contributed by atoms with Gasteiger partial charge in [0.2, 0.25) is 5.90 Å². The molecule has 0 amide bonds. The van der Waals surface area contributed by atoms with Crippen LogP contribution in [0.15, 0.2) is 35.4 Å². The van der Waals surface area contributed by atoms with Crippen LogP contribution >= 0.6 is 0 Å². The zero-order chi connectivity index (χ0) is 10.9. The zero-order valence-corrected chi connectivity index (χ0v) is 8.60. The van der Waals surface area contributed by atoms with Gasteiger partial charge in [-0.3, -0.25) is 5.43 Å². The highest BCUT2D eigenvalue weighted by atomic mass is 16.5. The molecule has 0 radical (unpaired) electrons. The standard InChI is InChI=1S/C11H13N3O/c1-2-15-11(8-9-12)14-13-10-6-4-3-5-7-10/h3-7,13H,2,8H2,1H3/b14-11-. The zero-order valence-electron chi connectivity index (χ0n) is 8.60. The van der Waals surface area contributed by atoms with Crippen LogP contribution in [0, 0.1) is 11.3 Å². The lowest BCUT2D eigenvalue weighted by Gasteiger charge is -2.04. The van der Waals surface area contributed by atoms with E-state index < -0.39 is 0 Å². The van der Waals surface area contributed by atoms with Crippen molar-refractivity contribution in [2.45, 2.75) is 13.3 Å². The highest BCUT2D eigenvalue weighted by Gasteiger charge is 1.97. The van der Waals surface area contributed by atoms with Crippen molar-refractivity contribution in [2.75, 3.05) is 12.0 Å². The minimum Gasteiger partial charge on any atom is -0.479 e. The van der Waals surface area contributed by atoms with Crippen LogP contribution in [0.5, 0.6) is 0 Å². The summed E-state index contributed by atoms with van der Waals surface area (Å²) in [4.78, 5) is 0. The lowest BCUT2D eigenvalue weighted by molar-refractivity contribution is 0.320. The second-order valence-electron chi connectivity index (χ2n) is 2.75. The Morgan fingerprint density at radius 2 is 2.20 bits per heavy atom. The highest BCUT2D eigenvalue weighted by Crippen LogP contribution is 2.04. The van der Waals surface area contributed by atoms with E-state index in [0.717, 1.165) is 5.69 Å². The molecule has 0 unspecified atom stereocenters. The topological polar surface area (TPSA) is 57.4 Å². The molecule has 4 heteroatoms. The minimum atomic E-state index is 0.174. The number of benzene rings is 1. The van der Waals surface area contributed by atoms with Gasteiger partial charge in [-0.1, -0.05) is 18.2 Å². The molecule has 1 aromatic rings. The molecule has 0 aliphatic rings. The molecule has 0 fully saturated rings. The number of hydrogen-bond acceptors (Lipinski definition) is 4. The molecule has 15 heavy (non-hydrogen) atoms. The Morgan fingerprint density at radius 3 is 2.80 bits per heavy atom. The van der Waals surface area contributed by atoms with Crippen molar-refractivity contribution in [3.8, 4) is 6.07 Å². The Hall–Kier alpha value is -2.02. The first-order valence-corrected chi connectivity index (χ1v) is 4.74. The molecule has 0 aliphatic carbocycles. The second-order valence-corrected chi connectivity index (χ2v) is 2.75. The monoisotopic (exact) mass is 203 g/mol. The molecule has 0 saturated carbocycles. The van der Waals surface area contributed by atoms with Crippen LogP contribution in [0.2, 0.25) is 0 Å². The Kier molecular flexibility index (Phi) is 4.74. The largest absolute Gasteiger partial charge is 0.479 e. The van der Waals surface area contributed by atoms with Gasteiger partial charge in [0.1, 0.15) is 6.42 Å². The lowest BCUT2D eigenvalue weighted by atomic mass is 10.3. The van der Waals surface area contributed by atoms with Crippen LogP contribution < -0.4 is 5.43 Å². The molecule has 4 nitrogen and oxygen atoms in total. The van der Waals surface area contributed by atoms with Gasteiger partial charge in [0, 0.05) is 0 Å². The van der Waals surface area contributed by atoms with Gasteiger partial charge in [-0.25, -0.2) is 0 Å². The Bertz CT molecular complexity index is 354. The first-order valence-electron chi connectivity index (χ1n) is 4.74. The molecule has 0 heterocycles. The summed E-state index contributed by atoms with van der Waals surface area (Å²) in [6, 6.07) is 11.5. The van der Waals surface area contributed by atoms with Gasteiger partial charge in [0.15, 0.2) is 0 Å². The van der Waals surface area contributed by atoms with Crippen LogP contribution in [0.3, 0.4) is 0 Å². The van der Waals surface area contributed by atoms with E-state index in [1.807, 2.05) is 43.3 Å². The third-order valence-corrected chi connectivity index (χ3v) is 1.62. The van der Waals surface area contributed by atoms with E-state index in [1.54, 1.807) is 0 Å². The Morgan fingerprint density at radius 1 is 1.47 bits per heavy atom. The Labute approximate surface area is 89.2 Å². The predicted octanol–water partition coefficient (Wildman–Crippen LogP) is 2.36. The van der Waals surface area contributed by atoms with Gasteiger partial charge in [0.25, 0.3) is 0 Å². The van der Waals surface area contributed by atoms with Crippen LogP contribution in [-0.2, 0) is 4.74 Å². The number of ether oxygens (including phenoxy) is 1. The van der Waals surface area contributed by atoms with E-state index in [-0.39, 0.29) is 6.42 Å². The molecule has 0 aliphatic heterocycles. The molecule has 0 saturated heterocycles. The van der Waals surface area contributed by atoms with E-state index in [0.29, 0.717) is 12.5 Å². The fourth-order valence-corrected chi connectivity index (χ4v) is 0.997. The summed E-state index contributed by atoms with van der Waals surface area (Å²) >= 11 is 0. The fraction of sp³-hybridized carbons (Fsp3) is 0.273. The van der Waals surface area contributed by atoms with Crippen LogP contribution in [0.1, 0.15) is 13.3 Å². The number of anilines is 1. The maximum Gasteiger partial charge on any atom is 0.220 e. The number of hydrazone groups is 1. The van der Waals surface area contributed by atoms with Crippen molar-refractivity contribution in [3.05, 3.63) is 30.3 Å². The predicted molar refractivity (Wildman–Crippen MR) is 59.4 cm³/mol. The SMILES string of the molecule is CCO/C(CC#N)=N\Nc1ccccc1. The maximum absolute atomic E-state index is 8.52. The molecular weight excluding hydrogens is 190 g/mol. The van der Waals surface area contributed by atoms with Crippen molar-refractivity contribution < 1.29 is 4.74 Å². The van der Waals surface area contributed by atoms with Crippen LogP contribution in [0.4, 0.5) is 5.69 Å². The summed E-state index contributed by atoms with van der Waals surface area (Å²) in [5.41, 5.74) is 3.69. The quantitative estimate of drug-likeness (QED) is 0.464. The third kappa shape index (κ3) is 4.14. The average molecular weight is 203 g/mol. The maximum atomic E-state index is 8.52. The minimum absolute atomic E-state index is 0.174. The Balaban J connectivity index is 2.57. The summed E-state index contributed by atoms with van der Waals surface area (Å²) in [5.74, 6) is 0.406. The van der Waals surface area contributed by atoms with Crippen LogP contribution in [-0.4, -0.2) is 12.5 Å². The molecule has 0 aromatic heterocycles. The number of nitrogens with one attached hydrogen (secondary N) is 1. The second kappa shape index (κ2) is 6.44. The van der Waals surface area contributed by atoms with Crippen LogP contribution in [0.25, 0.3) is 0 Å². The van der Waals surface area contributed by atoms with E-state index in [2.05, 4.69) is 10.5 Å². The van der Waals surface area contributed by atoms with Gasteiger partial charge in [0.05, 0.1) is 18.4 Å². The lowest BCUT2D eigenvalue weighted by Crippen LogP contribution is -2.06.